The van der Waals surface area contributed by atoms with Gasteiger partial charge < -0.3 is 14.4 Å². The van der Waals surface area contributed by atoms with Crippen LogP contribution in [0.2, 0.25) is 0 Å². The molecule has 0 bridgehead atoms. The summed E-state index contributed by atoms with van der Waals surface area (Å²) in [5.41, 5.74) is 1.36. The smallest absolute Gasteiger partial charge is 0.412 e. The van der Waals surface area contributed by atoms with E-state index in [1.54, 1.807) is 69.3 Å². The number of carbonyl (C=O) groups is 1. The third-order valence-electron chi connectivity index (χ3n) is 4.62. The minimum absolute atomic E-state index is 0.0625. The zero-order valence-electron chi connectivity index (χ0n) is 19.8. The first-order valence-electron chi connectivity index (χ1n) is 10.7. The van der Waals surface area contributed by atoms with Crippen LogP contribution >= 0.6 is 0 Å². The number of nitrogens with one attached hydrogen (secondary N) is 1. The first-order valence-corrected chi connectivity index (χ1v) is 10.7. The molecule has 0 radical (unpaired) electrons. The van der Waals surface area contributed by atoms with Crippen LogP contribution in [0.3, 0.4) is 0 Å². The third kappa shape index (κ3) is 7.58. The van der Waals surface area contributed by atoms with Crippen molar-refractivity contribution in [2.45, 2.75) is 33.3 Å². The van der Waals surface area contributed by atoms with Gasteiger partial charge in [-0.2, -0.15) is 15.8 Å². The Bertz CT molecular complexity index is 1130. The molecule has 0 aromatic heterocycles. The molecule has 174 valence electrons. The number of likely N-dealkylation sites (N-methyl/N-ethyl adjacent to an activating group) is 1. The van der Waals surface area contributed by atoms with E-state index in [1.807, 2.05) is 25.1 Å². The Kier molecular flexibility index (Phi) is 9.06. The van der Waals surface area contributed by atoms with Gasteiger partial charge in [0.05, 0.1) is 12.1 Å². The number of amides is 1. The van der Waals surface area contributed by atoms with E-state index < -0.39 is 11.7 Å². The lowest BCUT2D eigenvalue weighted by molar-refractivity contribution is 0.0636. The fraction of sp³-hybridized carbons (Fsp3) is 0.308. The SMILES string of the molecule is CCN(CCOc1ccc(NC(=O)OC(C)(C)C)cc1)c1ccc(C(C#N)=C(C#N)C#N)cc1. The van der Waals surface area contributed by atoms with E-state index in [-0.39, 0.29) is 11.1 Å². The Balaban J connectivity index is 1.95. The predicted molar refractivity (Wildman–Crippen MR) is 130 cm³/mol. The van der Waals surface area contributed by atoms with E-state index >= 15 is 0 Å². The number of benzene rings is 2. The van der Waals surface area contributed by atoms with Gasteiger partial charge in [-0.05, 0) is 69.7 Å². The highest BCUT2D eigenvalue weighted by Crippen LogP contribution is 2.22. The third-order valence-corrected chi connectivity index (χ3v) is 4.62. The highest BCUT2D eigenvalue weighted by molar-refractivity contribution is 5.85. The Morgan fingerprint density at radius 2 is 1.59 bits per heavy atom. The number of carbonyl (C=O) groups excluding carboxylic acids is 1. The zero-order valence-corrected chi connectivity index (χ0v) is 19.8. The number of anilines is 2. The van der Waals surface area contributed by atoms with E-state index in [2.05, 4.69) is 10.2 Å². The molecule has 0 heterocycles. The van der Waals surface area contributed by atoms with E-state index in [1.165, 1.54) is 0 Å². The van der Waals surface area contributed by atoms with Crippen molar-refractivity contribution in [3.05, 3.63) is 59.7 Å². The maximum atomic E-state index is 11.9. The summed E-state index contributed by atoms with van der Waals surface area (Å²) in [4.78, 5) is 14.0. The van der Waals surface area contributed by atoms with E-state index in [9.17, 15) is 10.1 Å². The fourth-order valence-electron chi connectivity index (χ4n) is 3.04. The lowest BCUT2D eigenvalue weighted by Gasteiger charge is -2.23. The molecule has 2 rings (SSSR count). The molecule has 8 nitrogen and oxygen atoms in total. The van der Waals surface area contributed by atoms with Crippen molar-refractivity contribution >= 4 is 23.0 Å². The van der Waals surface area contributed by atoms with Gasteiger partial charge in [-0.1, -0.05) is 12.1 Å². The van der Waals surface area contributed by atoms with Crippen molar-refractivity contribution in [1.29, 1.82) is 15.8 Å². The van der Waals surface area contributed by atoms with E-state index in [4.69, 9.17) is 20.0 Å². The molecule has 0 spiro atoms. The second kappa shape index (κ2) is 11.9. The van der Waals surface area contributed by atoms with E-state index in [0.717, 1.165) is 12.2 Å². The largest absolute Gasteiger partial charge is 0.492 e. The minimum atomic E-state index is -0.566. The second-order valence-corrected chi connectivity index (χ2v) is 8.21. The Morgan fingerprint density at radius 3 is 2.09 bits per heavy atom. The monoisotopic (exact) mass is 457 g/mol. The van der Waals surface area contributed by atoms with Crippen LogP contribution in [-0.4, -0.2) is 31.4 Å². The highest BCUT2D eigenvalue weighted by Gasteiger charge is 2.16. The van der Waals surface area contributed by atoms with Crippen molar-refractivity contribution in [1.82, 2.24) is 0 Å². The topological polar surface area (TPSA) is 122 Å². The first kappa shape index (κ1) is 25.8. The number of rotatable bonds is 8. The van der Waals surface area contributed by atoms with Crippen LogP contribution in [0.15, 0.2) is 54.1 Å². The fourth-order valence-corrected chi connectivity index (χ4v) is 3.04. The van der Waals surface area contributed by atoms with Crippen LogP contribution in [0.4, 0.5) is 16.2 Å². The van der Waals surface area contributed by atoms with Crippen LogP contribution in [0.5, 0.6) is 5.75 Å². The summed E-state index contributed by atoms with van der Waals surface area (Å²) >= 11 is 0. The van der Waals surface area contributed by atoms with Crippen molar-refractivity contribution in [2.24, 2.45) is 0 Å². The van der Waals surface area contributed by atoms with Crippen LogP contribution in [0.25, 0.3) is 5.57 Å². The maximum Gasteiger partial charge on any atom is 0.412 e. The second-order valence-electron chi connectivity index (χ2n) is 8.21. The maximum absolute atomic E-state index is 11.9. The highest BCUT2D eigenvalue weighted by atomic mass is 16.6. The van der Waals surface area contributed by atoms with Gasteiger partial charge in [0.1, 0.15) is 41.7 Å². The number of nitriles is 3. The molecule has 0 saturated carbocycles. The standard InChI is InChI=1S/C26H27N5O3/c1-5-31(22-10-6-19(7-11-22)24(18-29)20(16-27)17-28)14-15-33-23-12-8-21(9-13-23)30-25(32)34-26(2,3)4/h6-13H,5,14-15H2,1-4H3,(H,30,32). The van der Waals surface area contributed by atoms with Gasteiger partial charge in [0.25, 0.3) is 0 Å². The van der Waals surface area contributed by atoms with Crippen molar-refractivity contribution < 1.29 is 14.3 Å². The van der Waals surface area contributed by atoms with Crippen LogP contribution in [0, 0.1) is 34.0 Å². The van der Waals surface area contributed by atoms with Crippen LogP contribution in [-0.2, 0) is 4.74 Å². The molecular formula is C26H27N5O3. The Hall–Kier alpha value is -4.48. The lowest BCUT2D eigenvalue weighted by atomic mass is 10.0. The molecule has 0 atom stereocenters. The molecule has 0 fully saturated rings. The molecule has 0 aliphatic heterocycles. The average molecular weight is 458 g/mol. The zero-order chi connectivity index (χ0) is 25.1. The molecule has 8 heteroatoms. The van der Waals surface area contributed by atoms with Gasteiger partial charge in [0, 0.05) is 17.9 Å². The van der Waals surface area contributed by atoms with Gasteiger partial charge in [0.2, 0.25) is 0 Å². The summed E-state index contributed by atoms with van der Waals surface area (Å²) in [5, 5.41) is 30.0. The first-order chi connectivity index (χ1) is 16.2. The van der Waals surface area contributed by atoms with Gasteiger partial charge >= 0.3 is 6.09 Å². The summed E-state index contributed by atoms with van der Waals surface area (Å²) in [5.74, 6) is 0.672. The van der Waals surface area contributed by atoms with Crippen LogP contribution < -0.4 is 15.0 Å². The minimum Gasteiger partial charge on any atom is -0.492 e. The molecule has 2 aromatic rings. The number of allylic oxidation sites excluding steroid dienone is 2. The quantitative estimate of drug-likeness (QED) is 0.536. The molecule has 1 N–H and O–H groups in total. The molecular weight excluding hydrogens is 430 g/mol. The molecule has 0 unspecified atom stereocenters. The summed E-state index contributed by atoms with van der Waals surface area (Å²) in [6.45, 7) is 9.23. The summed E-state index contributed by atoms with van der Waals surface area (Å²) in [7, 11) is 0. The average Bonchev–Trinajstić information content (AvgIpc) is 2.80. The summed E-state index contributed by atoms with van der Waals surface area (Å²) in [6, 6.07) is 19.6. The molecule has 0 aliphatic carbocycles. The number of hydrogen-bond donors (Lipinski definition) is 1. The van der Waals surface area contributed by atoms with Gasteiger partial charge in [-0.25, -0.2) is 4.79 Å². The predicted octanol–water partition coefficient (Wildman–Crippen LogP) is 5.26. The molecule has 0 aliphatic rings. The number of nitrogens with zero attached hydrogens (tertiary/aromatic N) is 4. The number of ether oxygens (including phenoxy) is 2. The summed E-state index contributed by atoms with van der Waals surface area (Å²) in [6.07, 6.45) is -0.514. The molecule has 2 aromatic carbocycles. The van der Waals surface area contributed by atoms with Gasteiger partial charge in [-0.3, -0.25) is 5.32 Å². The van der Waals surface area contributed by atoms with Crippen molar-refractivity contribution in [3.63, 3.8) is 0 Å². The Labute approximate surface area is 200 Å². The van der Waals surface area contributed by atoms with E-state index in [0.29, 0.717) is 30.2 Å². The normalized spacial score (nSPS) is 10.1. The number of hydrogen-bond acceptors (Lipinski definition) is 7. The lowest BCUT2D eigenvalue weighted by Crippen LogP contribution is -2.28. The van der Waals surface area contributed by atoms with Crippen molar-refractivity contribution in [2.75, 3.05) is 29.9 Å². The van der Waals surface area contributed by atoms with Gasteiger partial charge in [-0.15, -0.1) is 0 Å². The molecule has 1 amide bonds. The van der Waals surface area contributed by atoms with Crippen LogP contribution in [0.1, 0.15) is 33.3 Å². The molecule has 34 heavy (non-hydrogen) atoms. The summed E-state index contributed by atoms with van der Waals surface area (Å²) < 4.78 is 11.1. The van der Waals surface area contributed by atoms with Gasteiger partial charge in [0.15, 0.2) is 0 Å². The Morgan fingerprint density at radius 1 is 0.971 bits per heavy atom. The van der Waals surface area contributed by atoms with Crippen molar-refractivity contribution in [3.8, 4) is 24.0 Å². The molecule has 0 saturated heterocycles.